The zero-order valence-electron chi connectivity index (χ0n) is 10.1. The van der Waals surface area contributed by atoms with Crippen molar-refractivity contribution in [1.29, 1.82) is 0 Å². The van der Waals surface area contributed by atoms with E-state index in [-0.39, 0.29) is 58.7 Å². The summed E-state index contributed by atoms with van der Waals surface area (Å²) in [5.41, 5.74) is 1.25. The van der Waals surface area contributed by atoms with Gasteiger partial charge in [0, 0.05) is 24.1 Å². The van der Waals surface area contributed by atoms with Crippen LogP contribution in [0.4, 0.5) is 5.69 Å². The molecule has 0 saturated carbocycles. The first-order valence-electron chi connectivity index (χ1n) is 4.20. The van der Waals surface area contributed by atoms with Crippen molar-refractivity contribution < 1.29 is 67.5 Å². The molecule has 1 rings (SSSR count). The van der Waals surface area contributed by atoms with Crippen molar-refractivity contribution in [3.05, 3.63) is 29.8 Å². The van der Waals surface area contributed by atoms with Gasteiger partial charge in [0.2, 0.25) is 5.91 Å². The summed E-state index contributed by atoms with van der Waals surface area (Å²) in [6, 6.07) is 6.60. The molecule has 0 saturated heterocycles. The number of benzene rings is 1. The van der Waals surface area contributed by atoms with Crippen LogP contribution < -0.4 is 56.7 Å². The molecule has 4 nitrogen and oxygen atoms in total. The first-order valence-corrected chi connectivity index (χ1v) is 4.20. The topological polar surface area (TPSA) is 66.4 Å². The van der Waals surface area contributed by atoms with Gasteiger partial charge in [0.05, 0.1) is 0 Å². The monoisotopic (exact) mass is 243 g/mol. The number of aliphatic carboxylic acids is 1. The third-order valence-electron chi connectivity index (χ3n) is 1.52. The number of carbonyl (C=O) groups excluding carboxylic acids is 1. The van der Waals surface area contributed by atoms with Crippen molar-refractivity contribution in [2.24, 2.45) is 0 Å². The van der Waals surface area contributed by atoms with E-state index in [0.29, 0.717) is 11.3 Å². The first kappa shape index (κ1) is 15.4. The maximum absolute atomic E-state index is 10.7. The second kappa shape index (κ2) is 7.60. The Morgan fingerprint density at radius 2 is 1.88 bits per heavy atom. The molecule has 0 spiro atoms. The summed E-state index contributed by atoms with van der Waals surface area (Å²) in [4.78, 5) is 20.9. The number of hydrogen-bond acceptors (Lipinski definition) is 2. The second-order valence-electron chi connectivity index (χ2n) is 2.81. The smallest absolute Gasteiger partial charge is 1.00 e. The van der Waals surface area contributed by atoms with E-state index in [1.807, 2.05) is 5.92 Å². The molecule has 16 heavy (non-hydrogen) atoms. The Bertz CT molecular complexity index is 448. The molecule has 0 aliphatic heterocycles. The average molecular weight is 243 g/mol. The predicted octanol–water partition coefficient (Wildman–Crippen LogP) is -1.80. The van der Waals surface area contributed by atoms with Crippen molar-refractivity contribution in [3.63, 3.8) is 0 Å². The SMILES string of the molecule is CC(=O)Nc1ccc(C#CC(=O)O)cc1.[H-].[K+]. The predicted molar refractivity (Wildman–Crippen MR) is 56.4 cm³/mol. The van der Waals surface area contributed by atoms with Gasteiger partial charge in [-0.15, -0.1) is 0 Å². The van der Waals surface area contributed by atoms with Crippen molar-refractivity contribution >= 4 is 17.6 Å². The van der Waals surface area contributed by atoms with Crippen LogP contribution in [0.3, 0.4) is 0 Å². The summed E-state index contributed by atoms with van der Waals surface area (Å²) in [7, 11) is 0. The maximum Gasteiger partial charge on any atom is 1.00 e. The molecule has 78 valence electrons. The second-order valence-corrected chi connectivity index (χ2v) is 2.81. The van der Waals surface area contributed by atoms with E-state index in [1.165, 1.54) is 6.92 Å². The van der Waals surface area contributed by atoms with Crippen LogP contribution in [0.2, 0.25) is 0 Å². The van der Waals surface area contributed by atoms with Crippen LogP contribution in [-0.4, -0.2) is 17.0 Å². The van der Waals surface area contributed by atoms with E-state index in [9.17, 15) is 9.59 Å². The van der Waals surface area contributed by atoms with Gasteiger partial charge in [0.1, 0.15) is 0 Å². The number of carbonyl (C=O) groups is 2. The Morgan fingerprint density at radius 1 is 1.31 bits per heavy atom. The Kier molecular flexibility index (Phi) is 7.29. The molecule has 0 aromatic heterocycles. The number of anilines is 1. The van der Waals surface area contributed by atoms with Crippen LogP contribution in [0.25, 0.3) is 0 Å². The van der Waals surface area contributed by atoms with Crippen molar-refractivity contribution in [2.75, 3.05) is 5.32 Å². The van der Waals surface area contributed by atoms with Crippen molar-refractivity contribution in [2.45, 2.75) is 6.92 Å². The number of amides is 1. The Morgan fingerprint density at radius 3 is 2.31 bits per heavy atom. The number of nitrogens with one attached hydrogen (secondary N) is 1. The zero-order valence-corrected chi connectivity index (χ0v) is 12.2. The third kappa shape index (κ3) is 6.05. The van der Waals surface area contributed by atoms with Crippen molar-refractivity contribution in [1.82, 2.24) is 0 Å². The number of carboxylic acids is 1. The summed E-state index contributed by atoms with van der Waals surface area (Å²) in [5, 5.41) is 10.9. The van der Waals surface area contributed by atoms with E-state index >= 15 is 0 Å². The first-order chi connectivity index (χ1) is 7.08. The van der Waals surface area contributed by atoms with Crippen LogP contribution in [0.15, 0.2) is 24.3 Å². The standard InChI is InChI=1S/C11H9NO3.K.H/c1-8(13)12-10-5-2-9(3-6-10)4-7-11(14)15;;/h2-3,5-6H,1H3,(H,12,13)(H,14,15);;/q;+1;-1. The molecule has 1 aromatic carbocycles. The zero-order chi connectivity index (χ0) is 11.3. The van der Waals surface area contributed by atoms with Gasteiger partial charge < -0.3 is 11.8 Å². The van der Waals surface area contributed by atoms with E-state index in [1.54, 1.807) is 24.3 Å². The molecule has 0 radical (unpaired) electrons. The van der Waals surface area contributed by atoms with E-state index in [4.69, 9.17) is 5.11 Å². The molecule has 0 bridgehead atoms. The van der Waals surface area contributed by atoms with Gasteiger partial charge in [-0.3, -0.25) is 4.79 Å². The van der Waals surface area contributed by atoms with Gasteiger partial charge in [0.25, 0.3) is 0 Å². The summed E-state index contributed by atoms with van der Waals surface area (Å²) < 4.78 is 0. The quantitative estimate of drug-likeness (QED) is 0.452. The molecule has 0 aliphatic rings. The fraction of sp³-hybridized carbons (Fsp3) is 0.0909. The van der Waals surface area contributed by atoms with Gasteiger partial charge >= 0.3 is 57.4 Å². The molecule has 1 amide bonds. The van der Waals surface area contributed by atoms with Gasteiger partial charge in [-0.2, -0.15) is 0 Å². The van der Waals surface area contributed by atoms with Crippen LogP contribution in [0.1, 0.15) is 13.9 Å². The summed E-state index contributed by atoms with van der Waals surface area (Å²) in [5.74, 6) is 3.14. The summed E-state index contributed by atoms with van der Waals surface area (Å²) in [6.07, 6.45) is 0. The molecular weight excluding hydrogens is 233 g/mol. The normalized spacial score (nSPS) is 8.06. The Hall–Kier alpha value is -0.644. The fourth-order valence-corrected chi connectivity index (χ4v) is 0.966. The van der Waals surface area contributed by atoms with Crippen molar-refractivity contribution in [3.8, 4) is 11.8 Å². The minimum atomic E-state index is -1.17. The molecule has 5 heteroatoms. The van der Waals surface area contributed by atoms with E-state index < -0.39 is 5.97 Å². The number of carboxylic acid groups (broad SMARTS) is 1. The number of hydrogen-bond donors (Lipinski definition) is 2. The van der Waals surface area contributed by atoms with Crippen LogP contribution in [0.5, 0.6) is 0 Å². The van der Waals surface area contributed by atoms with Gasteiger partial charge in [-0.25, -0.2) is 4.79 Å². The largest absolute Gasteiger partial charge is 1.00 e. The Balaban J connectivity index is 0. The molecule has 0 fully saturated rings. The van der Waals surface area contributed by atoms with E-state index in [2.05, 4.69) is 11.2 Å². The average Bonchev–Trinajstić information content (AvgIpc) is 2.16. The van der Waals surface area contributed by atoms with Crippen LogP contribution in [0, 0.1) is 11.8 Å². The van der Waals surface area contributed by atoms with Gasteiger partial charge in [-0.1, -0.05) is 5.92 Å². The molecule has 0 unspecified atom stereocenters. The summed E-state index contributed by atoms with van der Waals surface area (Å²) in [6.45, 7) is 1.41. The molecule has 1 aromatic rings. The van der Waals surface area contributed by atoms with Gasteiger partial charge in [0.15, 0.2) is 0 Å². The van der Waals surface area contributed by atoms with Crippen LogP contribution >= 0.6 is 0 Å². The van der Waals surface area contributed by atoms with Crippen LogP contribution in [-0.2, 0) is 9.59 Å². The molecule has 2 N–H and O–H groups in total. The van der Waals surface area contributed by atoms with Gasteiger partial charge in [-0.05, 0) is 24.3 Å². The molecule has 0 heterocycles. The third-order valence-corrected chi connectivity index (χ3v) is 1.52. The van der Waals surface area contributed by atoms with E-state index in [0.717, 1.165) is 0 Å². The Labute approximate surface area is 137 Å². The number of rotatable bonds is 1. The molecule has 0 atom stereocenters. The minimum absolute atomic E-state index is 0. The summed E-state index contributed by atoms with van der Waals surface area (Å²) >= 11 is 0. The molecular formula is C11H10KNO3. The molecule has 0 aliphatic carbocycles. The fourth-order valence-electron chi connectivity index (χ4n) is 0.966. The maximum atomic E-state index is 10.7. The minimum Gasteiger partial charge on any atom is -1.00 e.